The average molecular weight is 351 g/mol. The summed E-state index contributed by atoms with van der Waals surface area (Å²) < 4.78 is 71.6. The smallest absolute Gasteiger partial charge is 0.408 e. The Morgan fingerprint density at radius 3 is 2.38 bits per heavy atom. The number of aromatic carboxylic acids is 1. The highest BCUT2D eigenvalue weighted by atomic mass is 19.4. The number of aromatic nitrogens is 1. The molecule has 0 aliphatic heterocycles. The summed E-state index contributed by atoms with van der Waals surface area (Å²) in [5, 5.41) is 8.26. The van der Waals surface area contributed by atoms with E-state index in [1.807, 2.05) is 0 Å². The second-order valence-electron chi connectivity index (χ2n) is 4.90. The van der Waals surface area contributed by atoms with Gasteiger partial charge in [0.2, 0.25) is 11.2 Å². The molecule has 1 N–H and O–H groups in total. The van der Waals surface area contributed by atoms with Crippen molar-refractivity contribution in [1.82, 2.24) is 4.57 Å². The summed E-state index contributed by atoms with van der Waals surface area (Å²) in [6.45, 7) is 0.677. The zero-order chi connectivity index (χ0) is 18.4. The molecule has 0 radical (unpaired) electrons. The van der Waals surface area contributed by atoms with Crippen molar-refractivity contribution in [2.24, 2.45) is 0 Å². The van der Waals surface area contributed by atoms with Gasteiger partial charge in [-0.3, -0.25) is 4.79 Å². The molecule has 0 fully saturated rings. The van der Waals surface area contributed by atoms with Crippen LogP contribution in [0.5, 0.6) is 5.75 Å². The zero-order valence-electron chi connectivity index (χ0n) is 12.2. The molecule has 0 aliphatic rings. The lowest BCUT2D eigenvalue weighted by molar-refractivity contribution is -0.162. The molecule has 1 heterocycles. The molecule has 0 saturated heterocycles. The van der Waals surface area contributed by atoms with Gasteiger partial charge in [0.15, 0.2) is 11.6 Å². The fourth-order valence-electron chi connectivity index (χ4n) is 2.23. The largest absolute Gasteiger partial charge is 0.491 e. The molecule has 1 atom stereocenters. The predicted molar refractivity (Wildman–Crippen MR) is 72.4 cm³/mol. The molecular weight excluding hydrogens is 341 g/mol. The van der Waals surface area contributed by atoms with Crippen LogP contribution < -0.4 is 10.2 Å². The maximum atomic E-state index is 13.8. The minimum Gasteiger partial charge on any atom is -0.491 e. The van der Waals surface area contributed by atoms with Crippen LogP contribution in [0.3, 0.4) is 0 Å². The lowest BCUT2D eigenvalue weighted by Crippen LogP contribution is -2.28. The third kappa shape index (κ3) is 2.68. The van der Waals surface area contributed by atoms with Gasteiger partial charge in [-0.2, -0.15) is 17.6 Å². The van der Waals surface area contributed by atoms with Gasteiger partial charge in [-0.15, -0.1) is 0 Å². The second kappa shape index (κ2) is 5.77. The van der Waals surface area contributed by atoms with Gasteiger partial charge in [-0.1, -0.05) is 0 Å². The number of ether oxygens (including phenoxy) is 1. The lowest BCUT2D eigenvalue weighted by atomic mass is 10.1. The zero-order valence-corrected chi connectivity index (χ0v) is 12.2. The first kappa shape index (κ1) is 17.7. The molecule has 1 aromatic carbocycles. The predicted octanol–water partition coefficient (Wildman–Crippen LogP) is 3.11. The van der Waals surface area contributed by atoms with Crippen molar-refractivity contribution in [3.05, 3.63) is 39.7 Å². The second-order valence-corrected chi connectivity index (χ2v) is 4.90. The van der Waals surface area contributed by atoms with Crippen LogP contribution in [-0.2, 0) is 0 Å². The Morgan fingerprint density at radius 1 is 1.33 bits per heavy atom. The maximum Gasteiger partial charge on any atom is 0.408 e. The minimum atomic E-state index is -4.84. The topological polar surface area (TPSA) is 68.5 Å². The number of rotatable bonds is 3. The van der Waals surface area contributed by atoms with E-state index in [9.17, 15) is 31.5 Å². The van der Waals surface area contributed by atoms with Crippen LogP contribution in [0, 0.1) is 11.6 Å². The summed E-state index contributed by atoms with van der Waals surface area (Å²) in [6, 6.07) is -1.97. The van der Waals surface area contributed by atoms with Crippen molar-refractivity contribution in [3.63, 3.8) is 0 Å². The number of halogens is 5. The highest BCUT2D eigenvalue weighted by Gasteiger charge is 2.39. The van der Waals surface area contributed by atoms with Gasteiger partial charge in [0.1, 0.15) is 11.6 Å². The van der Waals surface area contributed by atoms with E-state index < -0.39 is 57.5 Å². The van der Waals surface area contributed by atoms with Crippen molar-refractivity contribution in [1.29, 1.82) is 0 Å². The Kier molecular flexibility index (Phi) is 4.25. The summed E-state index contributed by atoms with van der Waals surface area (Å²) >= 11 is 0. The van der Waals surface area contributed by atoms with Crippen molar-refractivity contribution in [3.8, 4) is 5.75 Å². The monoisotopic (exact) mass is 351 g/mol. The summed E-state index contributed by atoms with van der Waals surface area (Å²) in [7, 11) is 0.884. The molecule has 2 rings (SSSR count). The number of alkyl halides is 3. The van der Waals surface area contributed by atoms with E-state index in [0.717, 1.165) is 7.11 Å². The Balaban J connectivity index is 3.10. The first-order valence-corrected chi connectivity index (χ1v) is 6.41. The molecule has 1 unspecified atom stereocenters. The average Bonchev–Trinajstić information content (AvgIpc) is 2.48. The number of methoxy groups -OCH3 is 1. The fraction of sp³-hybridized carbons (Fsp3) is 0.286. The number of hydrogen-bond acceptors (Lipinski definition) is 3. The summed E-state index contributed by atoms with van der Waals surface area (Å²) in [6.07, 6.45) is -4.40. The van der Waals surface area contributed by atoms with E-state index in [2.05, 4.69) is 4.74 Å². The van der Waals surface area contributed by atoms with Gasteiger partial charge < -0.3 is 14.4 Å². The normalized spacial score (nSPS) is 13.1. The van der Waals surface area contributed by atoms with Crippen LogP contribution in [0.25, 0.3) is 10.9 Å². The van der Waals surface area contributed by atoms with E-state index >= 15 is 0 Å². The van der Waals surface area contributed by atoms with Crippen LogP contribution >= 0.6 is 0 Å². The van der Waals surface area contributed by atoms with Crippen molar-refractivity contribution < 1.29 is 36.6 Å². The standard InChI is InChI=1S/C14H10F5NO4/c1-5(14(17,18)19)20-4-7(13(22)23)11(21)6-3-8(15)9(16)12(24-2)10(6)20/h3-5H,1-2H3,(H,22,23). The third-order valence-corrected chi connectivity index (χ3v) is 3.49. The fourth-order valence-corrected chi connectivity index (χ4v) is 2.23. The molecule has 5 nitrogen and oxygen atoms in total. The van der Waals surface area contributed by atoms with Crippen molar-refractivity contribution in [2.75, 3.05) is 7.11 Å². The van der Waals surface area contributed by atoms with Crippen molar-refractivity contribution in [2.45, 2.75) is 19.1 Å². The number of benzene rings is 1. The van der Waals surface area contributed by atoms with Crippen molar-refractivity contribution >= 4 is 16.9 Å². The van der Waals surface area contributed by atoms with E-state index in [4.69, 9.17) is 5.11 Å². The van der Waals surface area contributed by atoms with E-state index in [0.29, 0.717) is 23.8 Å². The molecule has 0 bridgehead atoms. The molecule has 0 spiro atoms. The molecule has 130 valence electrons. The number of carboxylic acid groups (broad SMARTS) is 1. The molecule has 24 heavy (non-hydrogen) atoms. The summed E-state index contributed by atoms with van der Waals surface area (Å²) in [4.78, 5) is 23.2. The number of carbonyl (C=O) groups is 1. The van der Waals surface area contributed by atoms with Crippen LogP contribution in [-0.4, -0.2) is 28.9 Å². The van der Waals surface area contributed by atoms with Crippen LogP contribution in [0.2, 0.25) is 0 Å². The van der Waals surface area contributed by atoms with E-state index in [1.165, 1.54) is 0 Å². The Bertz CT molecular complexity index is 888. The molecule has 10 heteroatoms. The maximum absolute atomic E-state index is 13.8. The Labute approximate surface area is 130 Å². The molecule has 1 aromatic heterocycles. The van der Waals surface area contributed by atoms with E-state index in [1.54, 1.807) is 0 Å². The molecule has 0 amide bonds. The summed E-state index contributed by atoms with van der Waals surface area (Å²) in [5.41, 5.74) is -2.94. The molecule has 0 saturated carbocycles. The molecular formula is C14H10F5NO4. The highest BCUT2D eigenvalue weighted by Crippen LogP contribution is 2.36. The van der Waals surface area contributed by atoms with Gasteiger partial charge in [-0.25, -0.2) is 9.18 Å². The van der Waals surface area contributed by atoms with Gasteiger partial charge in [0.25, 0.3) is 0 Å². The Hall–Kier alpha value is -2.65. The van der Waals surface area contributed by atoms with E-state index in [-0.39, 0.29) is 0 Å². The number of fused-ring (bicyclic) bond motifs is 1. The number of hydrogen-bond donors (Lipinski definition) is 1. The van der Waals surface area contributed by atoms with Gasteiger partial charge in [0, 0.05) is 6.20 Å². The van der Waals surface area contributed by atoms with Gasteiger partial charge in [-0.05, 0) is 13.0 Å². The van der Waals surface area contributed by atoms with Crippen LogP contribution in [0.15, 0.2) is 17.1 Å². The Morgan fingerprint density at radius 2 is 1.92 bits per heavy atom. The minimum absolute atomic E-state index is 0.335. The van der Waals surface area contributed by atoms with Crippen LogP contribution in [0.1, 0.15) is 23.3 Å². The van der Waals surface area contributed by atoms with Crippen LogP contribution in [0.4, 0.5) is 22.0 Å². The highest BCUT2D eigenvalue weighted by molar-refractivity contribution is 5.94. The molecule has 0 aliphatic carbocycles. The number of carboxylic acids is 1. The number of nitrogens with zero attached hydrogens (tertiary/aromatic N) is 1. The first-order valence-electron chi connectivity index (χ1n) is 6.41. The van der Waals surface area contributed by atoms with Gasteiger partial charge >= 0.3 is 12.1 Å². The quantitative estimate of drug-likeness (QED) is 0.863. The molecule has 2 aromatic rings. The lowest BCUT2D eigenvalue weighted by Gasteiger charge is -2.23. The SMILES string of the molecule is COc1c(F)c(F)cc2c(=O)c(C(=O)O)cn(C(C)C(F)(F)F)c12. The van der Waals surface area contributed by atoms with Gasteiger partial charge in [0.05, 0.1) is 18.0 Å². The number of pyridine rings is 1. The first-order chi connectivity index (χ1) is 11.0. The summed E-state index contributed by atoms with van der Waals surface area (Å²) in [5.74, 6) is -5.86. The third-order valence-electron chi connectivity index (χ3n) is 3.49.